The molecule has 3 fully saturated rings. The molecule has 98 valence electrons. The van der Waals surface area contributed by atoms with Gasteiger partial charge in [0.05, 0.1) is 6.10 Å². The predicted octanol–water partition coefficient (Wildman–Crippen LogP) is 1.77. The van der Waals surface area contributed by atoms with Gasteiger partial charge in [0.1, 0.15) is 0 Å². The van der Waals surface area contributed by atoms with Crippen molar-refractivity contribution in [1.29, 1.82) is 0 Å². The first-order valence-corrected chi connectivity index (χ1v) is 7.44. The molecule has 0 aromatic rings. The van der Waals surface area contributed by atoms with Crippen molar-refractivity contribution in [2.75, 3.05) is 19.7 Å². The number of likely N-dealkylation sites (tertiary alicyclic amines) is 1. The highest BCUT2D eigenvalue weighted by Crippen LogP contribution is 2.25. The van der Waals surface area contributed by atoms with E-state index in [2.05, 4.69) is 17.1 Å². The third-order valence-corrected chi connectivity index (χ3v) is 4.58. The second kappa shape index (κ2) is 5.25. The molecule has 2 saturated heterocycles. The molecule has 0 aromatic carbocycles. The van der Waals surface area contributed by atoms with Crippen molar-refractivity contribution in [2.45, 2.75) is 69.7 Å². The van der Waals surface area contributed by atoms with Crippen molar-refractivity contribution >= 4 is 0 Å². The van der Waals surface area contributed by atoms with E-state index in [4.69, 9.17) is 4.74 Å². The SMILES string of the molecule is CC(C1CCCO1)N1CCCC(NC2CC2)C1. The van der Waals surface area contributed by atoms with Gasteiger partial charge in [-0.3, -0.25) is 4.90 Å². The summed E-state index contributed by atoms with van der Waals surface area (Å²) in [5.74, 6) is 0. The first-order chi connectivity index (χ1) is 8.33. The molecule has 3 heteroatoms. The van der Waals surface area contributed by atoms with Gasteiger partial charge in [-0.1, -0.05) is 0 Å². The minimum absolute atomic E-state index is 0.495. The number of nitrogens with one attached hydrogen (secondary N) is 1. The molecule has 1 N–H and O–H groups in total. The van der Waals surface area contributed by atoms with Crippen molar-refractivity contribution in [2.24, 2.45) is 0 Å². The lowest BCUT2D eigenvalue weighted by Crippen LogP contribution is -2.52. The second-order valence-corrected chi connectivity index (χ2v) is 6.07. The fourth-order valence-electron chi connectivity index (χ4n) is 3.31. The maximum absolute atomic E-state index is 5.83. The van der Waals surface area contributed by atoms with Crippen LogP contribution in [0.5, 0.6) is 0 Å². The molecule has 3 atom stereocenters. The fourth-order valence-corrected chi connectivity index (χ4v) is 3.31. The minimum atomic E-state index is 0.495. The van der Waals surface area contributed by atoms with E-state index in [1.54, 1.807) is 0 Å². The largest absolute Gasteiger partial charge is 0.377 e. The number of ether oxygens (including phenoxy) is 1. The Morgan fingerprint density at radius 3 is 2.71 bits per heavy atom. The van der Waals surface area contributed by atoms with Gasteiger partial charge in [-0.2, -0.15) is 0 Å². The van der Waals surface area contributed by atoms with Crippen LogP contribution in [-0.2, 0) is 4.74 Å². The minimum Gasteiger partial charge on any atom is -0.377 e. The van der Waals surface area contributed by atoms with Crippen molar-refractivity contribution < 1.29 is 4.74 Å². The highest BCUT2D eigenvalue weighted by molar-refractivity contribution is 4.90. The first-order valence-electron chi connectivity index (χ1n) is 7.44. The van der Waals surface area contributed by atoms with E-state index < -0.39 is 0 Å². The van der Waals surface area contributed by atoms with Crippen LogP contribution in [0.2, 0.25) is 0 Å². The van der Waals surface area contributed by atoms with Crippen LogP contribution in [0.4, 0.5) is 0 Å². The quantitative estimate of drug-likeness (QED) is 0.808. The lowest BCUT2D eigenvalue weighted by Gasteiger charge is -2.39. The van der Waals surface area contributed by atoms with Gasteiger partial charge in [-0.25, -0.2) is 0 Å². The van der Waals surface area contributed by atoms with Crippen LogP contribution in [0.25, 0.3) is 0 Å². The molecule has 0 amide bonds. The number of nitrogens with zero attached hydrogens (tertiary/aromatic N) is 1. The zero-order valence-corrected chi connectivity index (χ0v) is 11.0. The molecule has 0 spiro atoms. The Kier molecular flexibility index (Phi) is 3.69. The zero-order chi connectivity index (χ0) is 11.7. The van der Waals surface area contributed by atoms with Gasteiger partial charge >= 0.3 is 0 Å². The Morgan fingerprint density at radius 1 is 1.12 bits per heavy atom. The Hall–Kier alpha value is -0.120. The molecule has 0 bridgehead atoms. The van der Waals surface area contributed by atoms with Crippen molar-refractivity contribution in [3.63, 3.8) is 0 Å². The summed E-state index contributed by atoms with van der Waals surface area (Å²) in [6.45, 7) is 5.84. The summed E-state index contributed by atoms with van der Waals surface area (Å²) in [4.78, 5) is 2.65. The average molecular weight is 238 g/mol. The fraction of sp³-hybridized carbons (Fsp3) is 1.00. The summed E-state index contributed by atoms with van der Waals surface area (Å²) < 4.78 is 5.83. The Bertz CT molecular complexity index is 249. The van der Waals surface area contributed by atoms with Crippen LogP contribution in [-0.4, -0.2) is 48.8 Å². The van der Waals surface area contributed by atoms with Gasteiger partial charge in [0.15, 0.2) is 0 Å². The summed E-state index contributed by atoms with van der Waals surface area (Å²) in [6.07, 6.45) is 8.53. The van der Waals surface area contributed by atoms with Gasteiger partial charge in [-0.05, 0) is 52.0 Å². The maximum Gasteiger partial charge on any atom is 0.0728 e. The van der Waals surface area contributed by atoms with E-state index in [1.165, 1.54) is 51.6 Å². The third kappa shape index (κ3) is 3.01. The van der Waals surface area contributed by atoms with Crippen molar-refractivity contribution in [1.82, 2.24) is 10.2 Å². The summed E-state index contributed by atoms with van der Waals surface area (Å²) in [6, 6.07) is 2.19. The normalized spacial score (nSPS) is 37.2. The molecule has 3 nitrogen and oxygen atoms in total. The molecule has 0 aromatic heterocycles. The van der Waals surface area contributed by atoms with E-state index in [0.29, 0.717) is 12.1 Å². The molecule has 1 aliphatic carbocycles. The van der Waals surface area contributed by atoms with Crippen LogP contribution < -0.4 is 5.32 Å². The zero-order valence-electron chi connectivity index (χ0n) is 11.0. The molecular formula is C14H26N2O. The summed E-state index contributed by atoms with van der Waals surface area (Å²) in [7, 11) is 0. The lowest BCUT2D eigenvalue weighted by molar-refractivity contribution is 0.0181. The predicted molar refractivity (Wildman–Crippen MR) is 69.2 cm³/mol. The molecular weight excluding hydrogens is 212 g/mol. The standard InChI is InChI=1S/C14H26N2O/c1-11(14-5-3-9-17-14)16-8-2-4-13(10-16)15-12-6-7-12/h11-15H,2-10H2,1H3. The van der Waals surface area contributed by atoms with Crippen LogP contribution in [0.3, 0.4) is 0 Å². The van der Waals surface area contributed by atoms with Crippen molar-refractivity contribution in [3.05, 3.63) is 0 Å². The van der Waals surface area contributed by atoms with E-state index >= 15 is 0 Å². The van der Waals surface area contributed by atoms with E-state index in [9.17, 15) is 0 Å². The number of piperidine rings is 1. The summed E-state index contributed by atoms with van der Waals surface area (Å²) in [5, 5.41) is 3.79. The monoisotopic (exact) mass is 238 g/mol. The van der Waals surface area contributed by atoms with E-state index in [1.807, 2.05) is 0 Å². The van der Waals surface area contributed by atoms with Gasteiger partial charge < -0.3 is 10.1 Å². The summed E-state index contributed by atoms with van der Waals surface area (Å²) in [5.41, 5.74) is 0. The Balaban J connectivity index is 1.50. The van der Waals surface area contributed by atoms with Crippen LogP contribution in [0, 0.1) is 0 Å². The lowest BCUT2D eigenvalue weighted by atomic mass is 10.0. The maximum atomic E-state index is 5.83. The molecule has 3 unspecified atom stereocenters. The van der Waals surface area contributed by atoms with E-state index in [-0.39, 0.29) is 0 Å². The van der Waals surface area contributed by atoms with Crippen LogP contribution in [0.1, 0.15) is 45.4 Å². The van der Waals surface area contributed by atoms with Gasteiger partial charge in [0.2, 0.25) is 0 Å². The summed E-state index contributed by atoms with van der Waals surface area (Å²) >= 11 is 0. The number of hydrogen-bond donors (Lipinski definition) is 1. The molecule has 17 heavy (non-hydrogen) atoms. The molecule has 1 saturated carbocycles. The van der Waals surface area contributed by atoms with Crippen molar-refractivity contribution in [3.8, 4) is 0 Å². The molecule has 2 heterocycles. The smallest absolute Gasteiger partial charge is 0.0728 e. The first kappa shape index (κ1) is 11.9. The topological polar surface area (TPSA) is 24.5 Å². The molecule has 3 rings (SSSR count). The highest BCUT2D eigenvalue weighted by atomic mass is 16.5. The third-order valence-electron chi connectivity index (χ3n) is 4.58. The Morgan fingerprint density at radius 2 is 2.00 bits per heavy atom. The highest BCUT2D eigenvalue weighted by Gasteiger charge is 2.32. The molecule has 3 aliphatic rings. The van der Waals surface area contributed by atoms with Gasteiger partial charge in [0.25, 0.3) is 0 Å². The van der Waals surface area contributed by atoms with Crippen LogP contribution >= 0.6 is 0 Å². The van der Waals surface area contributed by atoms with Gasteiger partial charge in [-0.15, -0.1) is 0 Å². The average Bonchev–Trinajstić information content (AvgIpc) is 2.99. The van der Waals surface area contributed by atoms with Crippen LogP contribution in [0.15, 0.2) is 0 Å². The van der Waals surface area contributed by atoms with Gasteiger partial charge in [0, 0.05) is 31.3 Å². The number of hydrogen-bond acceptors (Lipinski definition) is 3. The molecule has 2 aliphatic heterocycles. The second-order valence-electron chi connectivity index (χ2n) is 6.07. The number of rotatable bonds is 4. The van der Waals surface area contributed by atoms with E-state index in [0.717, 1.165) is 18.7 Å². The molecule has 0 radical (unpaired) electrons. The Labute approximate surface area is 105 Å².